The molecule has 2 N–H and O–H groups in total. The maximum Gasteiger partial charge on any atom is 0.416 e. The Hall–Kier alpha value is -3.33. The molecule has 0 saturated heterocycles. The van der Waals surface area contributed by atoms with E-state index in [1.54, 1.807) is 19.1 Å². The molecule has 0 aliphatic heterocycles. The molecule has 2 aromatic rings. The number of rotatable bonds is 4. The quantitative estimate of drug-likeness (QED) is 0.885. The summed E-state index contributed by atoms with van der Waals surface area (Å²) in [5.41, 5.74) is -0.632. The van der Waals surface area contributed by atoms with Gasteiger partial charge in [-0.25, -0.2) is 4.98 Å². The Kier molecular flexibility index (Phi) is 5.08. The van der Waals surface area contributed by atoms with Crippen LogP contribution in [0.5, 0.6) is 0 Å². The lowest BCUT2D eigenvalue weighted by atomic mass is 9.95. The van der Waals surface area contributed by atoms with Crippen molar-refractivity contribution in [1.82, 2.24) is 9.97 Å². The number of nitriles is 2. The molecular weight excluding hydrogens is 335 g/mol. The minimum Gasteiger partial charge on any atom is -0.314 e. The van der Waals surface area contributed by atoms with Crippen molar-refractivity contribution in [1.29, 1.82) is 10.5 Å². The van der Waals surface area contributed by atoms with Crippen molar-refractivity contribution in [3.8, 4) is 12.1 Å². The van der Waals surface area contributed by atoms with Gasteiger partial charge in [-0.3, -0.25) is 10.1 Å². The summed E-state index contributed by atoms with van der Waals surface area (Å²) in [7, 11) is 0. The SMILES string of the molecule is CC(CC(=O)Nc1nc(C#N)c(C#N)[nH]1)c1cccc(C(F)(F)F)c1. The third kappa shape index (κ3) is 4.36. The first-order valence-electron chi connectivity index (χ1n) is 7.11. The Morgan fingerprint density at radius 3 is 2.64 bits per heavy atom. The van der Waals surface area contributed by atoms with E-state index < -0.39 is 23.6 Å². The molecule has 0 saturated carbocycles. The summed E-state index contributed by atoms with van der Waals surface area (Å²) in [6, 6.07) is 8.21. The minimum atomic E-state index is -4.45. The maximum absolute atomic E-state index is 12.7. The van der Waals surface area contributed by atoms with Gasteiger partial charge in [0.2, 0.25) is 11.9 Å². The standard InChI is InChI=1S/C16H12F3N5O/c1-9(10-3-2-4-11(6-10)16(17,18)19)5-14(25)24-15-22-12(7-20)13(8-21)23-15/h2-4,6,9H,5H2,1H3,(H2,22,23,24,25). The van der Waals surface area contributed by atoms with Crippen molar-refractivity contribution in [2.45, 2.75) is 25.4 Å². The van der Waals surface area contributed by atoms with Crippen molar-refractivity contribution in [2.75, 3.05) is 5.32 Å². The number of alkyl halides is 3. The van der Waals surface area contributed by atoms with Gasteiger partial charge >= 0.3 is 6.18 Å². The van der Waals surface area contributed by atoms with E-state index in [4.69, 9.17) is 10.5 Å². The van der Waals surface area contributed by atoms with Crippen molar-refractivity contribution in [2.24, 2.45) is 0 Å². The van der Waals surface area contributed by atoms with Crippen molar-refractivity contribution < 1.29 is 18.0 Å². The lowest BCUT2D eigenvalue weighted by Crippen LogP contribution is -2.15. The van der Waals surface area contributed by atoms with E-state index in [9.17, 15) is 18.0 Å². The average Bonchev–Trinajstić information content (AvgIpc) is 2.95. The number of H-pyrrole nitrogens is 1. The second kappa shape index (κ2) is 7.05. The van der Waals surface area contributed by atoms with Gasteiger partial charge < -0.3 is 4.98 Å². The van der Waals surface area contributed by atoms with Gasteiger partial charge in [-0.15, -0.1) is 0 Å². The number of aromatic amines is 1. The number of carbonyl (C=O) groups is 1. The van der Waals surface area contributed by atoms with Crippen LogP contribution in [0, 0.1) is 22.7 Å². The zero-order chi connectivity index (χ0) is 18.6. The van der Waals surface area contributed by atoms with Crippen LogP contribution in [-0.2, 0) is 11.0 Å². The lowest BCUT2D eigenvalue weighted by Gasteiger charge is -2.14. The van der Waals surface area contributed by atoms with Crippen LogP contribution in [0.4, 0.5) is 19.1 Å². The van der Waals surface area contributed by atoms with Gasteiger partial charge in [0.15, 0.2) is 11.4 Å². The molecule has 0 bridgehead atoms. The molecule has 1 amide bonds. The molecule has 9 heteroatoms. The number of hydrogen-bond acceptors (Lipinski definition) is 4. The van der Waals surface area contributed by atoms with Crippen molar-refractivity contribution >= 4 is 11.9 Å². The lowest BCUT2D eigenvalue weighted by molar-refractivity contribution is -0.137. The second-order valence-corrected chi connectivity index (χ2v) is 5.31. The highest BCUT2D eigenvalue weighted by atomic mass is 19.4. The zero-order valence-corrected chi connectivity index (χ0v) is 13.0. The summed E-state index contributed by atoms with van der Waals surface area (Å²) >= 11 is 0. The Labute approximate surface area is 140 Å². The van der Waals surface area contributed by atoms with E-state index in [-0.39, 0.29) is 23.8 Å². The fourth-order valence-corrected chi connectivity index (χ4v) is 2.19. The number of amides is 1. The van der Waals surface area contributed by atoms with Crippen LogP contribution in [0.25, 0.3) is 0 Å². The van der Waals surface area contributed by atoms with Gasteiger partial charge in [0, 0.05) is 6.42 Å². The summed E-state index contributed by atoms with van der Waals surface area (Å²) < 4.78 is 38.2. The third-order valence-corrected chi connectivity index (χ3v) is 3.45. The monoisotopic (exact) mass is 347 g/mol. The van der Waals surface area contributed by atoms with E-state index in [1.165, 1.54) is 12.1 Å². The molecule has 1 unspecified atom stereocenters. The minimum absolute atomic E-state index is 0.0608. The Morgan fingerprint density at radius 2 is 2.08 bits per heavy atom. The maximum atomic E-state index is 12.7. The number of aromatic nitrogens is 2. The number of benzene rings is 1. The van der Waals surface area contributed by atoms with Gasteiger partial charge in [-0.05, 0) is 17.5 Å². The highest BCUT2D eigenvalue weighted by molar-refractivity contribution is 5.89. The van der Waals surface area contributed by atoms with Crippen LogP contribution in [0.15, 0.2) is 24.3 Å². The molecule has 2 rings (SSSR count). The molecule has 1 atom stereocenters. The normalized spacial score (nSPS) is 12.1. The second-order valence-electron chi connectivity index (χ2n) is 5.31. The fourth-order valence-electron chi connectivity index (χ4n) is 2.19. The average molecular weight is 347 g/mol. The van der Waals surface area contributed by atoms with Crippen LogP contribution >= 0.6 is 0 Å². The van der Waals surface area contributed by atoms with Crippen LogP contribution in [-0.4, -0.2) is 15.9 Å². The number of nitrogens with zero attached hydrogens (tertiary/aromatic N) is 3. The third-order valence-electron chi connectivity index (χ3n) is 3.45. The van der Waals surface area contributed by atoms with E-state index in [2.05, 4.69) is 15.3 Å². The number of nitrogens with one attached hydrogen (secondary N) is 2. The number of halogens is 3. The largest absolute Gasteiger partial charge is 0.416 e. The number of carbonyl (C=O) groups excluding carboxylic acids is 1. The predicted octanol–water partition coefficient (Wildman–Crippen LogP) is 3.30. The summed E-state index contributed by atoms with van der Waals surface area (Å²) in [4.78, 5) is 18.2. The Balaban J connectivity index is 2.07. The number of anilines is 1. The highest BCUT2D eigenvalue weighted by Crippen LogP contribution is 2.31. The number of imidazole rings is 1. The van der Waals surface area contributed by atoms with Crippen LogP contribution in [0.1, 0.15) is 41.8 Å². The van der Waals surface area contributed by atoms with E-state index in [1.807, 2.05) is 0 Å². The molecule has 1 aromatic carbocycles. The topological polar surface area (TPSA) is 105 Å². The van der Waals surface area contributed by atoms with E-state index >= 15 is 0 Å². The van der Waals surface area contributed by atoms with Gasteiger partial charge in [-0.2, -0.15) is 23.7 Å². The molecule has 0 aliphatic carbocycles. The van der Waals surface area contributed by atoms with Crippen LogP contribution in [0.2, 0.25) is 0 Å². The van der Waals surface area contributed by atoms with Crippen LogP contribution in [0.3, 0.4) is 0 Å². The molecule has 0 aliphatic rings. The molecule has 0 spiro atoms. The summed E-state index contributed by atoms with van der Waals surface area (Å²) in [5.74, 6) is -1.04. The predicted molar refractivity (Wildman–Crippen MR) is 81.1 cm³/mol. The highest BCUT2D eigenvalue weighted by Gasteiger charge is 2.30. The Morgan fingerprint density at radius 1 is 1.36 bits per heavy atom. The smallest absolute Gasteiger partial charge is 0.314 e. The van der Waals surface area contributed by atoms with Gasteiger partial charge in [0.25, 0.3) is 0 Å². The Bertz CT molecular complexity index is 842. The molecule has 128 valence electrons. The molecule has 0 radical (unpaired) electrons. The first-order chi connectivity index (χ1) is 11.7. The van der Waals surface area contributed by atoms with E-state index in [0.29, 0.717) is 5.56 Å². The molecule has 1 heterocycles. The van der Waals surface area contributed by atoms with Crippen molar-refractivity contribution in [3.05, 3.63) is 46.8 Å². The molecular formula is C16H12F3N5O. The molecule has 25 heavy (non-hydrogen) atoms. The summed E-state index contributed by atoms with van der Waals surface area (Å²) in [6.07, 6.45) is -4.54. The van der Waals surface area contributed by atoms with Gasteiger partial charge in [-0.1, -0.05) is 25.1 Å². The van der Waals surface area contributed by atoms with Crippen LogP contribution < -0.4 is 5.32 Å². The fraction of sp³-hybridized carbons (Fsp3) is 0.250. The van der Waals surface area contributed by atoms with Gasteiger partial charge in [0.1, 0.15) is 12.1 Å². The van der Waals surface area contributed by atoms with E-state index in [0.717, 1.165) is 12.1 Å². The molecule has 1 aromatic heterocycles. The van der Waals surface area contributed by atoms with Gasteiger partial charge in [0.05, 0.1) is 5.56 Å². The van der Waals surface area contributed by atoms with Crippen molar-refractivity contribution in [3.63, 3.8) is 0 Å². The zero-order valence-electron chi connectivity index (χ0n) is 13.0. The summed E-state index contributed by atoms with van der Waals surface area (Å²) in [6.45, 7) is 1.62. The molecule has 6 nitrogen and oxygen atoms in total. The molecule has 0 fully saturated rings. The first kappa shape index (κ1) is 18.0. The number of hydrogen-bond donors (Lipinski definition) is 2. The summed E-state index contributed by atoms with van der Waals surface area (Å²) in [5, 5.41) is 20.0. The first-order valence-corrected chi connectivity index (χ1v) is 7.11.